The monoisotopic (exact) mass is 398 g/mol. The van der Waals surface area contributed by atoms with Gasteiger partial charge in [0.2, 0.25) is 0 Å². The van der Waals surface area contributed by atoms with Crippen molar-refractivity contribution in [1.82, 2.24) is 15.1 Å². The van der Waals surface area contributed by atoms with Crippen molar-refractivity contribution in [2.45, 2.75) is 31.5 Å². The van der Waals surface area contributed by atoms with E-state index in [1.54, 1.807) is 0 Å². The van der Waals surface area contributed by atoms with E-state index in [2.05, 4.69) is 74.9 Å². The molecule has 150 valence electrons. The molecule has 2 aliphatic rings. The summed E-state index contributed by atoms with van der Waals surface area (Å²) >= 11 is 1.82. The molecule has 0 amide bonds. The van der Waals surface area contributed by atoms with Crippen LogP contribution in [0.25, 0.3) is 0 Å². The highest BCUT2D eigenvalue weighted by Crippen LogP contribution is 2.25. The van der Waals surface area contributed by atoms with Gasteiger partial charge in [-0.25, -0.2) is 0 Å². The number of hydrogen-bond donors (Lipinski definition) is 1. The molecular formula is C22H30N4OS. The van der Waals surface area contributed by atoms with Crippen molar-refractivity contribution in [3.8, 4) is 0 Å². The summed E-state index contributed by atoms with van der Waals surface area (Å²) in [5.74, 6) is 1.47. The normalized spacial score (nSPS) is 24.2. The predicted molar refractivity (Wildman–Crippen MR) is 116 cm³/mol. The van der Waals surface area contributed by atoms with Gasteiger partial charge in [-0.3, -0.25) is 9.89 Å². The van der Waals surface area contributed by atoms with Gasteiger partial charge in [-0.2, -0.15) is 0 Å². The second kappa shape index (κ2) is 9.07. The Kier molecular flexibility index (Phi) is 6.29. The predicted octanol–water partition coefficient (Wildman–Crippen LogP) is 3.01. The number of likely N-dealkylation sites (tertiary alicyclic amines) is 1. The molecule has 2 saturated heterocycles. The molecule has 6 heteroatoms. The maximum atomic E-state index is 6.11. The van der Waals surface area contributed by atoms with Crippen LogP contribution in [0.5, 0.6) is 0 Å². The molecule has 0 bridgehead atoms. The molecule has 28 heavy (non-hydrogen) atoms. The average molecular weight is 399 g/mol. The molecule has 2 aromatic rings. The van der Waals surface area contributed by atoms with Crippen LogP contribution in [-0.4, -0.2) is 67.7 Å². The Morgan fingerprint density at radius 2 is 2.11 bits per heavy atom. The van der Waals surface area contributed by atoms with Gasteiger partial charge in [0, 0.05) is 50.6 Å². The fourth-order valence-electron chi connectivity index (χ4n) is 4.19. The maximum Gasteiger partial charge on any atom is 0.193 e. The van der Waals surface area contributed by atoms with Gasteiger partial charge < -0.3 is 15.0 Å². The number of hydrogen-bond acceptors (Lipinski definition) is 4. The minimum Gasteiger partial charge on any atom is -0.373 e. The molecule has 0 saturated carbocycles. The summed E-state index contributed by atoms with van der Waals surface area (Å²) in [6.45, 7) is 7.82. The van der Waals surface area contributed by atoms with Crippen molar-refractivity contribution < 1.29 is 4.74 Å². The van der Waals surface area contributed by atoms with Gasteiger partial charge in [-0.05, 0) is 17.0 Å². The van der Waals surface area contributed by atoms with Crippen molar-refractivity contribution in [2.24, 2.45) is 4.99 Å². The first-order valence-electron chi connectivity index (χ1n) is 10.1. The lowest BCUT2D eigenvalue weighted by atomic mass is 10.1. The third kappa shape index (κ3) is 4.40. The van der Waals surface area contributed by atoms with E-state index in [0.717, 1.165) is 45.3 Å². The lowest BCUT2D eigenvalue weighted by Gasteiger charge is -2.36. The summed E-state index contributed by atoms with van der Waals surface area (Å²) in [5.41, 5.74) is 1.37. The summed E-state index contributed by atoms with van der Waals surface area (Å²) in [6.07, 6.45) is 0.255. The minimum absolute atomic E-state index is 0.255. The first-order chi connectivity index (χ1) is 13.7. The standard InChI is InChI=1S/C22H30N4OS/c1-17(21-9-6-12-28-21)13-24-22(23-2)26-15-19-20(16-26)27-11-10-25(19)14-18-7-4-3-5-8-18/h3-9,12,17,19-20H,10-11,13-16H2,1-2H3,(H,23,24). The number of rotatable bonds is 5. The summed E-state index contributed by atoms with van der Waals surface area (Å²) in [6, 6.07) is 15.5. The van der Waals surface area contributed by atoms with Gasteiger partial charge in [0.1, 0.15) is 0 Å². The average Bonchev–Trinajstić information content (AvgIpc) is 3.40. The zero-order valence-electron chi connectivity index (χ0n) is 16.8. The molecule has 0 spiro atoms. The lowest BCUT2D eigenvalue weighted by molar-refractivity contribution is -0.0502. The van der Waals surface area contributed by atoms with E-state index in [0.29, 0.717) is 12.0 Å². The van der Waals surface area contributed by atoms with E-state index in [9.17, 15) is 0 Å². The van der Waals surface area contributed by atoms with E-state index in [1.807, 2.05) is 18.4 Å². The number of fused-ring (bicyclic) bond motifs is 1. The molecule has 0 aliphatic carbocycles. The topological polar surface area (TPSA) is 40.1 Å². The van der Waals surface area contributed by atoms with Crippen LogP contribution in [0.4, 0.5) is 0 Å². The van der Waals surface area contributed by atoms with Crippen LogP contribution < -0.4 is 5.32 Å². The quantitative estimate of drug-likeness (QED) is 0.621. The molecule has 2 fully saturated rings. The third-order valence-electron chi connectivity index (χ3n) is 5.75. The van der Waals surface area contributed by atoms with Gasteiger partial charge >= 0.3 is 0 Å². The van der Waals surface area contributed by atoms with Gasteiger partial charge in [-0.1, -0.05) is 43.3 Å². The van der Waals surface area contributed by atoms with Crippen LogP contribution >= 0.6 is 11.3 Å². The number of morpholine rings is 1. The highest BCUT2D eigenvalue weighted by atomic mass is 32.1. The molecule has 0 radical (unpaired) electrons. The molecule has 3 unspecified atom stereocenters. The second-order valence-electron chi connectivity index (χ2n) is 7.68. The number of thiophene rings is 1. The largest absolute Gasteiger partial charge is 0.373 e. The van der Waals surface area contributed by atoms with Gasteiger partial charge in [0.25, 0.3) is 0 Å². The summed E-state index contributed by atoms with van der Waals surface area (Å²) in [5, 5.41) is 5.73. The first-order valence-corrected chi connectivity index (χ1v) is 11.0. The van der Waals surface area contributed by atoms with E-state index in [4.69, 9.17) is 4.74 Å². The molecule has 4 rings (SSSR count). The zero-order chi connectivity index (χ0) is 19.3. The fraction of sp³-hybridized carbons (Fsp3) is 0.500. The number of nitrogens with zero attached hydrogens (tertiary/aromatic N) is 3. The van der Waals surface area contributed by atoms with Crippen LogP contribution in [0.15, 0.2) is 52.8 Å². The molecule has 1 aromatic heterocycles. The van der Waals surface area contributed by atoms with Crippen LogP contribution in [0.1, 0.15) is 23.3 Å². The number of ether oxygens (including phenoxy) is 1. The number of nitrogens with one attached hydrogen (secondary N) is 1. The number of guanidine groups is 1. The molecule has 3 heterocycles. The minimum atomic E-state index is 0.255. The van der Waals surface area contributed by atoms with E-state index < -0.39 is 0 Å². The van der Waals surface area contributed by atoms with Crippen LogP contribution in [0.3, 0.4) is 0 Å². The maximum absolute atomic E-state index is 6.11. The molecule has 5 nitrogen and oxygen atoms in total. The molecular weight excluding hydrogens is 368 g/mol. The summed E-state index contributed by atoms with van der Waals surface area (Å²) in [7, 11) is 1.88. The van der Waals surface area contributed by atoms with Crippen molar-refractivity contribution in [3.63, 3.8) is 0 Å². The van der Waals surface area contributed by atoms with Crippen molar-refractivity contribution >= 4 is 17.3 Å². The van der Waals surface area contributed by atoms with E-state index in [-0.39, 0.29) is 6.10 Å². The van der Waals surface area contributed by atoms with Gasteiger partial charge in [-0.15, -0.1) is 11.3 Å². The van der Waals surface area contributed by atoms with Crippen LogP contribution in [-0.2, 0) is 11.3 Å². The van der Waals surface area contributed by atoms with Gasteiger partial charge in [0.15, 0.2) is 5.96 Å². The highest BCUT2D eigenvalue weighted by molar-refractivity contribution is 7.10. The SMILES string of the molecule is CN=C(NCC(C)c1cccs1)N1CC2OCCN(Cc3ccccc3)C2C1. The smallest absolute Gasteiger partial charge is 0.193 e. The molecule has 3 atom stereocenters. The van der Waals surface area contributed by atoms with Crippen molar-refractivity contribution in [1.29, 1.82) is 0 Å². The Hall–Kier alpha value is -1.89. The van der Waals surface area contributed by atoms with Crippen LogP contribution in [0, 0.1) is 0 Å². The lowest BCUT2D eigenvalue weighted by Crippen LogP contribution is -2.50. The van der Waals surface area contributed by atoms with Crippen molar-refractivity contribution in [3.05, 3.63) is 58.3 Å². The van der Waals surface area contributed by atoms with Crippen LogP contribution in [0.2, 0.25) is 0 Å². The Morgan fingerprint density at radius 1 is 1.25 bits per heavy atom. The van der Waals surface area contributed by atoms with E-state index in [1.165, 1.54) is 10.4 Å². The Morgan fingerprint density at radius 3 is 2.86 bits per heavy atom. The fourth-order valence-corrected chi connectivity index (χ4v) is 4.98. The third-order valence-corrected chi connectivity index (χ3v) is 6.86. The Labute approximate surface area is 172 Å². The second-order valence-corrected chi connectivity index (χ2v) is 8.66. The first kappa shape index (κ1) is 19.4. The Bertz CT molecular complexity index is 764. The summed E-state index contributed by atoms with van der Waals surface area (Å²) < 4.78 is 6.11. The number of benzene rings is 1. The zero-order valence-corrected chi connectivity index (χ0v) is 17.6. The number of aliphatic imine (C=N–C) groups is 1. The van der Waals surface area contributed by atoms with E-state index >= 15 is 0 Å². The van der Waals surface area contributed by atoms with Gasteiger partial charge in [0.05, 0.1) is 18.8 Å². The summed E-state index contributed by atoms with van der Waals surface area (Å²) in [4.78, 5) is 10.9. The molecule has 2 aliphatic heterocycles. The highest BCUT2D eigenvalue weighted by Gasteiger charge is 2.41. The van der Waals surface area contributed by atoms with Crippen molar-refractivity contribution in [2.75, 3.05) is 39.8 Å². The Balaban J connectivity index is 1.36. The molecule has 1 N–H and O–H groups in total. The molecule has 1 aromatic carbocycles.